The van der Waals surface area contributed by atoms with Crippen molar-refractivity contribution in [1.82, 2.24) is 4.90 Å². The normalized spacial score (nSPS) is 20.6. The zero-order valence-electron chi connectivity index (χ0n) is 9.63. The highest BCUT2D eigenvalue weighted by Gasteiger charge is 2.09. The van der Waals surface area contributed by atoms with E-state index in [9.17, 15) is 0 Å². The molecule has 0 saturated carbocycles. The topological polar surface area (TPSA) is 3.24 Å². The van der Waals surface area contributed by atoms with Crippen LogP contribution >= 0.6 is 0 Å². The largest absolute Gasteiger partial charge is 0.299 e. The average Bonchev–Trinajstić information content (AvgIpc) is 2.20. The number of hydrogen-bond donors (Lipinski definition) is 0. The van der Waals surface area contributed by atoms with E-state index >= 15 is 0 Å². The van der Waals surface area contributed by atoms with E-state index in [0.717, 1.165) is 13.0 Å². The summed E-state index contributed by atoms with van der Waals surface area (Å²) in [5.41, 5.74) is 1.48. The lowest BCUT2D eigenvalue weighted by molar-refractivity contribution is 0.248. The molecule has 0 atom stereocenters. The molecule has 1 aliphatic rings. The summed E-state index contributed by atoms with van der Waals surface area (Å²) in [6.45, 7) is 8.04. The predicted molar refractivity (Wildman–Crippen MR) is 63.5 cm³/mol. The van der Waals surface area contributed by atoms with Gasteiger partial charge in [0, 0.05) is 6.54 Å². The van der Waals surface area contributed by atoms with Gasteiger partial charge < -0.3 is 0 Å². The van der Waals surface area contributed by atoms with Crippen LogP contribution in [0.15, 0.2) is 23.8 Å². The molecule has 0 aromatic rings. The zero-order chi connectivity index (χ0) is 10.2. The lowest BCUT2D eigenvalue weighted by atomic mass is 10.1. The summed E-state index contributed by atoms with van der Waals surface area (Å²) in [5, 5.41) is 0. The highest BCUT2D eigenvalue weighted by Crippen LogP contribution is 2.11. The first-order valence-electron chi connectivity index (χ1n) is 5.91. The molecule has 1 nitrogen and oxygen atoms in total. The van der Waals surface area contributed by atoms with Crippen LogP contribution in [0.1, 0.15) is 39.5 Å². The Balaban J connectivity index is 2.41. The van der Waals surface area contributed by atoms with Crippen molar-refractivity contribution in [3.63, 3.8) is 0 Å². The molecule has 1 rings (SSSR count). The summed E-state index contributed by atoms with van der Waals surface area (Å²) in [6, 6.07) is 0. The average molecular weight is 193 g/mol. The van der Waals surface area contributed by atoms with Crippen LogP contribution in [0, 0.1) is 0 Å². The fourth-order valence-electron chi connectivity index (χ4n) is 2.04. The lowest BCUT2D eigenvalue weighted by Gasteiger charge is -2.26. The molecule has 0 unspecified atom stereocenters. The van der Waals surface area contributed by atoms with E-state index in [1.807, 2.05) is 0 Å². The number of rotatable bonds is 4. The van der Waals surface area contributed by atoms with Crippen molar-refractivity contribution in [2.24, 2.45) is 0 Å². The van der Waals surface area contributed by atoms with Crippen molar-refractivity contribution >= 4 is 0 Å². The maximum Gasteiger partial charge on any atom is 0.0230 e. The first-order valence-corrected chi connectivity index (χ1v) is 5.91. The van der Waals surface area contributed by atoms with Crippen LogP contribution in [0.3, 0.4) is 0 Å². The quantitative estimate of drug-likeness (QED) is 0.619. The van der Waals surface area contributed by atoms with Gasteiger partial charge in [-0.25, -0.2) is 0 Å². The van der Waals surface area contributed by atoms with Crippen LogP contribution in [-0.2, 0) is 0 Å². The molecule has 0 bridgehead atoms. The minimum Gasteiger partial charge on any atom is -0.299 e. The molecule has 0 aromatic heterocycles. The SMILES string of the molecule is C/C=C\C(=C/CC)CN1CCCCC1. The summed E-state index contributed by atoms with van der Waals surface area (Å²) in [6.07, 6.45) is 12.1. The minimum atomic E-state index is 1.15. The van der Waals surface area contributed by atoms with Crippen LogP contribution in [-0.4, -0.2) is 24.5 Å². The van der Waals surface area contributed by atoms with Gasteiger partial charge in [-0.1, -0.05) is 31.6 Å². The van der Waals surface area contributed by atoms with Crippen molar-refractivity contribution in [2.75, 3.05) is 19.6 Å². The molecule has 1 heteroatoms. The molecule has 1 fully saturated rings. The maximum atomic E-state index is 2.57. The molecule has 1 saturated heterocycles. The standard InChI is InChI=1S/C13H23N/c1-3-8-13(9-4-2)12-14-10-6-5-7-11-14/h3,8-9H,4-7,10-12H2,1-2H3/b8-3-,13-9+. The molecule has 0 radical (unpaired) electrons. The van der Waals surface area contributed by atoms with Crippen LogP contribution in [0.25, 0.3) is 0 Å². The summed E-state index contributed by atoms with van der Waals surface area (Å²) in [4.78, 5) is 2.57. The van der Waals surface area contributed by atoms with E-state index in [2.05, 4.69) is 37.0 Å². The third-order valence-electron chi connectivity index (χ3n) is 2.70. The summed E-state index contributed by atoms with van der Waals surface area (Å²) in [5.74, 6) is 0. The van der Waals surface area contributed by atoms with E-state index in [-0.39, 0.29) is 0 Å². The Labute approximate surface area is 88.5 Å². The molecule has 0 amide bonds. The summed E-state index contributed by atoms with van der Waals surface area (Å²) >= 11 is 0. The Bertz CT molecular complexity index is 197. The van der Waals surface area contributed by atoms with Crippen LogP contribution in [0.5, 0.6) is 0 Å². The monoisotopic (exact) mass is 193 g/mol. The molecule has 14 heavy (non-hydrogen) atoms. The second kappa shape index (κ2) is 6.83. The minimum absolute atomic E-state index is 1.15. The summed E-state index contributed by atoms with van der Waals surface area (Å²) in [7, 11) is 0. The highest BCUT2D eigenvalue weighted by molar-refractivity contribution is 5.19. The molecular formula is C13H23N. The molecule has 1 heterocycles. The van der Waals surface area contributed by atoms with E-state index < -0.39 is 0 Å². The van der Waals surface area contributed by atoms with Crippen LogP contribution in [0.2, 0.25) is 0 Å². The van der Waals surface area contributed by atoms with Crippen molar-refractivity contribution < 1.29 is 0 Å². The molecule has 80 valence electrons. The molecule has 0 aromatic carbocycles. The van der Waals surface area contributed by atoms with E-state index in [1.54, 1.807) is 0 Å². The van der Waals surface area contributed by atoms with E-state index in [1.165, 1.54) is 37.9 Å². The van der Waals surface area contributed by atoms with Gasteiger partial charge in [-0.05, 0) is 44.8 Å². The van der Waals surface area contributed by atoms with Crippen molar-refractivity contribution in [2.45, 2.75) is 39.5 Å². The van der Waals surface area contributed by atoms with Gasteiger partial charge in [-0.2, -0.15) is 0 Å². The Morgan fingerprint density at radius 1 is 1.21 bits per heavy atom. The Kier molecular flexibility index (Phi) is 5.62. The van der Waals surface area contributed by atoms with E-state index in [0.29, 0.717) is 0 Å². The number of allylic oxidation sites excluding steroid dienone is 2. The Hall–Kier alpha value is -0.560. The molecule has 1 aliphatic heterocycles. The second-order valence-electron chi connectivity index (χ2n) is 4.02. The first-order chi connectivity index (χ1) is 6.86. The third kappa shape index (κ3) is 4.10. The number of hydrogen-bond acceptors (Lipinski definition) is 1. The smallest absolute Gasteiger partial charge is 0.0230 e. The number of nitrogens with zero attached hydrogens (tertiary/aromatic N) is 1. The Morgan fingerprint density at radius 2 is 1.93 bits per heavy atom. The van der Waals surface area contributed by atoms with Gasteiger partial charge in [0.05, 0.1) is 0 Å². The fourth-order valence-corrected chi connectivity index (χ4v) is 2.04. The van der Waals surface area contributed by atoms with Crippen molar-refractivity contribution in [1.29, 1.82) is 0 Å². The lowest BCUT2D eigenvalue weighted by Crippen LogP contribution is -2.31. The molecule has 0 N–H and O–H groups in total. The fraction of sp³-hybridized carbons (Fsp3) is 0.692. The first kappa shape index (κ1) is 11.5. The van der Waals surface area contributed by atoms with Gasteiger partial charge in [0.2, 0.25) is 0 Å². The summed E-state index contributed by atoms with van der Waals surface area (Å²) < 4.78 is 0. The second-order valence-corrected chi connectivity index (χ2v) is 4.02. The third-order valence-corrected chi connectivity index (χ3v) is 2.70. The van der Waals surface area contributed by atoms with Gasteiger partial charge in [0.15, 0.2) is 0 Å². The van der Waals surface area contributed by atoms with Gasteiger partial charge in [-0.15, -0.1) is 0 Å². The van der Waals surface area contributed by atoms with Crippen molar-refractivity contribution in [3.05, 3.63) is 23.8 Å². The van der Waals surface area contributed by atoms with Crippen LogP contribution in [0.4, 0.5) is 0 Å². The van der Waals surface area contributed by atoms with Gasteiger partial charge in [-0.3, -0.25) is 4.90 Å². The molecular weight excluding hydrogens is 170 g/mol. The van der Waals surface area contributed by atoms with Gasteiger partial charge in [0.1, 0.15) is 0 Å². The Morgan fingerprint density at radius 3 is 2.50 bits per heavy atom. The number of likely N-dealkylation sites (tertiary alicyclic amines) is 1. The predicted octanol–water partition coefficient (Wildman–Crippen LogP) is 3.38. The maximum absolute atomic E-state index is 2.57. The van der Waals surface area contributed by atoms with Gasteiger partial charge >= 0.3 is 0 Å². The van der Waals surface area contributed by atoms with E-state index in [4.69, 9.17) is 0 Å². The highest BCUT2D eigenvalue weighted by atomic mass is 15.1. The molecule has 0 aliphatic carbocycles. The molecule has 0 spiro atoms. The van der Waals surface area contributed by atoms with Gasteiger partial charge in [0.25, 0.3) is 0 Å². The van der Waals surface area contributed by atoms with Crippen LogP contribution < -0.4 is 0 Å². The zero-order valence-corrected chi connectivity index (χ0v) is 9.63. The number of piperidine rings is 1. The van der Waals surface area contributed by atoms with Crippen molar-refractivity contribution in [3.8, 4) is 0 Å².